The van der Waals surface area contributed by atoms with Gasteiger partial charge in [-0.05, 0) is 43.0 Å². The van der Waals surface area contributed by atoms with Crippen molar-refractivity contribution in [2.24, 2.45) is 5.92 Å². The van der Waals surface area contributed by atoms with Gasteiger partial charge in [0, 0.05) is 45.0 Å². The standard InChI is InChI=1S/C15H22N2O2/c1-16(2)14-5-3-13(4-6-14)15(19)17-9-7-12(11-18)8-10-17/h3-6,12,18H,7-11H2,1-2H3. The van der Waals surface area contributed by atoms with E-state index in [4.69, 9.17) is 5.11 Å². The van der Waals surface area contributed by atoms with E-state index in [-0.39, 0.29) is 12.5 Å². The van der Waals surface area contributed by atoms with Crippen LogP contribution in [0.15, 0.2) is 24.3 Å². The van der Waals surface area contributed by atoms with Crippen LogP contribution in [0.2, 0.25) is 0 Å². The minimum absolute atomic E-state index is 0.0988. The van der Waals surface area contributed by atoms with Crippen LogP contribution in [-0.4, -0.2) is 49.7 Å². The number of piperidine rings is 1. The van der Waals surface area contributed by atoms with Crippen LogP contribution in [0.4, 0.5) is 5.69 Å². The number of carbonyl (C=O) groups is 1. The van der Waals surface area contributed by atoms with E-state index >= 15 is 0 Å². The lowest BCUT2D eigenvalue weighted by Crippen LogP contribution is -2.39. The molecule has 1 aromatic carbocycles. The van der Waals surface area contributed by atoms with E-state index in [9.17, 15) is 4.79 Å². The van der Waals surface area contributed by atoms with E-state index < -0.39 is 0 Å². The van der Waals surface area contributed by atoms with Gasteiger partial charge in [0.1, 0.15) is 0 Å². The van der Waals surface area contributed by atoms with Crippen molar-refractivity contribution in [3.8, 4) is 0 Å². The van der Waals surface area contributed by atoms with E-state index in [1.807, 2.05) is 48.2 Å². The Morgan fingerprint density at radius 2 is 1.84 bits per heavy atom. The summed E-state index contributed by atoms with van der Waals surface area (Å²) in [5.41, 5.74) is 1.84. The number of carbonyl (C=O) groups excluding carboxylic acids is 1. The van der Waals surface area contributed by atoms with Crippen LogP contribution in [-0.2, 0) is 0 Å². The highest BCUT2D eigenvalue weighted by Gasteiger charge is 2.23. The summed E-state index contributed by atoms with van der Waals surface area (Å²) in [4.78, 5) is 16.2. The molecule has 1 amide bonds. The van der Waals surface area contributed by atoms with E-state index in [2.05, 4.69) is 0 Å². The molecule has 1 fully saturated rings. The van der Waals surface area contributed by atoms with Crippen molar-refractivity contribution >= 4 is 11.6 Å². The smallest absolute Gasteiger partial charge is 0.253 e. The minimum atomic E-state index is 0.0988. The summed E-state index contributed by atoms with van der Waals surface area (Å²) in [5.74, 6) is 0.460. The van der Waals surface area contributed by atoms with Crippen LogP contribution in [0.5, 0.6) is 0 Å². The lowest BCUT2D eigenvalue weighted by Gasteiger charge is -2.31. The summed E-state index contributed by atoms with van der Waals surface area (Å²) >= 11 is 0. The Morgan fingerprint density at radius 3 is 2.32 bits per heavy atom. The quantitative estimate of drug-likeness (QED) is 0.900. The summed E-state index contributed by atoms with van der Waals surface area (Å²) in [7, 11) is 3.97. The van der Waals surface area contributed by atoms with Crippen molar-refractivity contribution in [1.29, 1.82) is 0 Å². The lowest BCUT2D eigenvalue weighted by molar-refractivity contribution is 0.0651. The third-order valence-electron chi connectivity index (χ3n) is 3.79. The number of likely N-dealkylation sites (tertiary alicyclic amines) is 1. The first-order valence-electron chi connectivity index (χ1n) is 6.79. The molecular formula is C15H22N2O2. The largest absolute Gasteiger partial charge is 0.396 e. The maximum atomic E-state index is 12.3. The Labute approximate surface area is 114 Å². The van der Waals surface area contributed by atoms with Crippen molar-refractivity contribution in [2.45, 2.75) is 12.8 Å². The van der Waals surface area contributed by atoms with Crippen molar-refractivity contribution < 1.29 is 9.90 Å². The number of hydrogen-bond donors (Lipinski definition) is 1. The Hall–Kier alpha value is -1.55. The number of anilines is 1. The van der Waals surface area contributed by atoms with Crippen LogP contribution >= 0.6 is 0 Å². The summed E-state index contributed by atoms with van der Waals surface area (Å²) in [5, 5.41) is 9.11. The maximum Gasteiger partial charge on any atom is 0.253 e. The minimum Gasteiger partial charge on any atom is -0.396 e. The lowest BCUT2D eigenvalue weighted by atomic mass is 9.97. The first-order chi connectivity index (χ1) is 9.11. The molecule has 4 nitrogen and oxygen atoms in total. The third-order valence-corrected chi connectivity index (χ3v) is 3.79. The molecule has 1 aliphatic rings. The molecule has 4 heteroatoms. The zero-order chi connectivity index (χ0) is 13.8. The molecule has 0 spiro atoms. The molecule has 1 aromatic rings. The fourth-order valence-electron chi connectivity index (χ4n) is 2.40. The molecule has 1 saturated heterocycles. The summed E-state index contributed by atoms with van der Waals surface area (Å²) in [6.45, 7) is 1.73. The van der Waals surface area contributed by atoms with Gasteiger partial charge < -0.3 is 14.9 Å². The molecule has 19 heavy (non-hydrogen) atoms. The highest BCUT2D eigenvalue weighted by Crippen LogP contribution is 2.19. The predicted molar refractivity (Wildman–Crippen MR) is 76.5 cm³/mol. The zero-order valence-electron chi connectivity index (χ0n) is 11.7. The highest BCUT2D eigenvalue weighted by molar-refractivity contribution is 5.94. The van der Waals surface area contributed by atoms with Crippen molar-refractivity contribution in [1.82, 2.24) is 4.90 Å². The van der Waals surface area contributed by atoms with Crippen LogP contribution in [0.1, 0.15) is 23.2 Å². The monoisotopic (exact) mass is 262 g/mol. The Bertz CT molecular complexity index is 420. The van der Waals surface area contributed by atoms with Gasteiger partial charge in [0.25, 0.3) is 5.91 Å². The van der Waals surface area contributed by atoms with E-state index in [1.165, 1.54) is 0 Å². The van der Waals surface area contributed by atoms with Crippen LogP contribution < -0.4 is 4.90 Å². The van der Waals surface area contributed by atoms with Gasteiger partial charge in [0.15, 0.2) is 0 Å². The van der Waals surface area contributed by atoms with Gasteiger partial charge in [-0.1, -0.05) is 0 Å². The Balaban J connectivity index is 2.00. The van der Waals surface area contributed by atoms with Gasteiger partial charge in [-0.3, -0.25) is 4.79 Å². The molecule has 0 unspecified atom stereocenters. The number of hydrogen-bond acceptors (Lipinski definition) is 3. The first-order valence-corrected chi connectivity index (χ1v) is 6.79. The van der Waals surface area contributed by atoms with Gasteiger partial charge >= 0.3 is 0 Å². The summed E-state index contributed by atoms with van der Waals surface area (Å²) in [6, 6.07) is 7.70. The molecule has 0 aliphatic carbocycles. The van der Waals surface area contributed by atoms with Crippen LogP contribution in [0.25, 0.3) is 0 Å². The van der Waals surface area contributed by atoms with Crippen molar-refractivity contribution in [3.63, 3.8) is 0 Å². The molecule has 104 valence electrons. The zero-order valence-corrected chi connectivity index (χ0v) is 11.7. The molecule has 0 radical (unpaired) electrons. The SMILES string of the molecule is CN(C)c1ccc(C(=O)N2CCC(CO)CC2)cc1. The van der Waals surface area contributed by atoms with E-state index in [0.29, 0.717) is 5.92 Å². The van der Waals surface area contributed by atoms with E-state index in [1.54, 1.807) is 0 Å². The average molecular weight is 262 g/mol. The highest BCUT2D eigenvalue weighted by atomic mass is 16.3. The molecule has 0 saturated carbocycles. The van der Waals surface area contributed by atoms with Gasteiger partial charge in [-0.25, -0.2) is 0 Å². The number of rotatable bonds is 3. The number of amides is 1. The maximum absolute atomic E-state index is 12.3. The molecule has 0 bridgehead atoms. The second kappa shape index (κ2) is 6.06. The fraction of sp³-hybridized carbons (Fsp3) is 0.533. The Morgan fingerprint density at radius 1 is 1.26 bits per heavy atom. The van der Waals surface area contributed by atoms with Crippen molar-refractivity contribution in [2.75, 3.05) is 38.7 Å². The predicted octanol–water partition coefficient (Wildman–Crippen LogP) is 1.60. The second-order valence-corrected chi connectivity index (χ2v) is 5.36. The molecule has 1 N–H and O–H groups in total. The summed E-state index contributed by atoms with van der Waals surface area (Å²) < 4.78 is 0. The third kappa shape index (κ3) is 3.26. The number of nitrogens with zero attached hydrogens (tertiary/aromatic N) is 2. The number of aliphatic hydroxyl groups is 1. The topological polar surface area (TPSA) is 43.8 Å². The second-order valence-electron chi connectivity index (χ2n) is 5.36. The first kappa shape index (κ1) is 13.9. The molecule has 1 heterocycles. The van der Waals surface area contributed by atoms with Crippen LogP contribution in [0.3, 0.4) is 0 Å². The van der Waals surface area contributed by atoms with Gasteiger partial charge in [-0.15, -0.1) is 0 Å². The van der Waals surface area contributed by atoms with Gasteiger partial charge in [0.2, 0.25) is 0 Å². The molecule has 0 atom stereocenters. The average Bonchev–Trinajstić information content (AvgIpc) is 2.46. The normalized spacial score (nSPS) is 16.5. The molecular weight excluding hydrogens is 240 g/mol. The molecule has 2 rings (SSSR count). The Kier molecular flexibility index (Phi) is 4.43. The van der Waals surface area contributed by atoms with E-state index in [0.717, 1.165) is 37.2 Å². The van der Waals surface area contributed by atoms with Gasteiger partial charge in [0.05, 0.1) is 0 Å². The van der Waals surface area contributed by atoms with Crippen molar-refractivity contribution in [3.05, 3.63) is 29.8 Å². The number of benzene rings is 1. The molecule has 1 aliphatic heterocycles. The molecule has 0 aromatic heterocycles. The van der Waals surface area contributed by atoms with Crippen LogP contribution in [0, 0.1) is 5.92 Å². The van der Waals surface area contributed by atoms with Gasteiger partial charge in [-0.2, -0.15) is 0 Å². The number of aliphatic hydroxyl groups excluding tert-OH is 1. The fourth-order valence-corrected chi connectivity index (χ4v) is 2.40. The summed E-state index contributed by atoms with van der Waals surface area (Å²) in [6.07, 6.45) is 1.80.